The molecule has 1 saturated heterocycles. The van der Waals surface area contributed by atoms with Crippen LogP contribution in [0.4, 0.5) is 0 Å². The summed E-state index contributed by atoms with van der Waals surface area (Å²) in [6, 6.07) is 0. The number of carboxylic acid groups (broad SMARTS) is 1. The van der Waals surface area contributed by atoms with Gasteiger partial charge in [-0.25, -0.2) is 0 Å². The molecule has 0 aromatic rings. The van der Waals surface area contributed by atoms with Crippen LogP contribution >= 0.6 is 0 Å². The normalized spacial score (nSPS) is 18.2. The molecule has 0 aromatic heterocycles. The minimum absolute atomic E-state index is 0.250. The molecule has 0 bridgehead atoms. The van der Waals surface area contributed by atoms with Crippen LogP contribution < -0.4 is 5.32 Å². The lowest BCUT2D eigenvalue weighted by atomic mass is 9.87. The summed E-state index contributed by atoms with van der Waals surface area (Å²) >= 11 is 0. The van der Waals surface area contributed by atoms with Crippen LogP contribution in [0, 0.1) is 11.8 Å². The van der Waals surface area contributed by atoms with E-state index in [0.717, 1.165) is 11.8 Å². The summed E-state index contributed by atoms with van der Waals surface area (Å²) in [7, 11) is 0. The van der Waals surface area contributed by atoms with Gasteiger partial charge in [-0.15, -0.1) is 0 Å². The summed E-state index contributed by atoms with van der Waals surface area (Å²) in [6.07, 6.45) is 2.77. The highest BCUT2D eigenvalue weighted by Crippen LogP contribution is 2.20. The van der Waals surface area contributed by atoms with Crippen molar-refractivity contribution in [2.75, 3.05) is 13.1 Å². The van der Waals surface area contributed by atoms with Gasteiger partial charge in [0.25, 0.3) is 6.47 Å². The number of nitrogens with one attached hydrogen (secondary N) is 1. The Morgan fingerprint density at radius 1 is 1.42 bits per heavy atom. The van der Waals surface area contributed by atoms with Gasteiger partial charge < -0.3 is 10.4 Å². The van der Waals surface area contributed by atoms with Crippen LogP contribution in [0.5, 0.6) is 0 Å². The minimum Gasteiger partial charge on any atom is -0.483 e. The Bertz CT molecular complexity index is 109. The average Bonchev–Trinajstić information content (AvgIpc) is 2.07. The maximum absolute atomic E-state index is 8.36. The molecule has 3 nitrogen and oxygen atoms in total. The highest BCUT2D eigenvalue weighted by atomic mass is 16.3. The Morgan fingerprint density at radius 3 is 2.08 bits per heavy atom. The quantitative estimate of drug-likeness (QED) is 0.588. The second-order valence-corrected chi connectivity index (χ2v) is 3.44. The molecule has 0 amide bonds. The summed E-state index contributed by atoms with van der Waals surface area (Å²) in [6.45, 7) is 6.89. The van der Waals surface area contributed by atoms with Crippen LogP contribution in [0.1, 0.15) is 26.7 Å². The zero-order valence-electron chi connectivity index (χ0n) is 7.92. The maximum Gasteiger partial charge on any atom is 0.290 e. The molecule has 2 N–H and O–H groups in total. The van der Waals surface area contributed by atoms with Gasteiger partial charge in [-0.3, -0.25) is 4.79 Å². The molecule has 0 spiro atoms. The maximum atomic E-state index is 8.36. The van der Waals surface area contributed by atoms with Gasteiger partial charge in [0, 0.05) is 0 Å². The fraction of sp³-hybridized carbons (Fsp3) is 0.889. The lowest BCUT2D eigenvalue weighted by Crippen LogP contribution is -2.29. The largest absolute Gasteiger partial charge is 0.483 e. The third-order valence-electron chi connectivity index (χ3n) is 2.33. The van der Waals surface area contributed by atoms with E-state index in [4.69, 9.17) is 9.90 Å². The first-order valence-electron chi connectivity index (χ1n) is 4.51. The molecule has 0 aromatic carbocycles. The fourth-order valence-electron chi connectivity index (χ4n) is 1.51. The zero-order valence-corrected chi connectivity index (χ0v) is 7.92. The number of carbonyl (C=O) groups is 1. The lowest BCUT2D eigenvalue weighted by molar-refractivity contribution is -0.122. The van der Waals surface area contributed by atoms with E-state index in [9.17, 15) is 0 Å². The fourth-order valence-corrected chi connectivity index (χ4v) is 1.51. The van der Waals surface area contributed by atoms with Gasteiger partial charge >= 0.3 is 0 Å². The molecule has 72 valence electrons. The van der Waals surface area contributed by atoms with Crippen LogP contribution in [-0.4, -0.2) is 24.7 Å². The number of hydrogen-bond acceptors (Lipinski definition) is 2. The van der Waals surface area contributed by atoms with Gasteiger partial charge in [-0.1, -0.05) is 13.8 Å². The first-order valence-corrected chi connectivity index (χ1v) is 4.51. The third kappa shape index (κ3) is 5.13. The number of piperidine rings is 1. The van der Waals surface area contributed by atoms with E-state index in [1.807, 2.05) is 0 Å². The smallest absolute Gasteiger partial charge is 0.290 e. The lowest BCUT2D eigenvalue weighted by Gasteiger charge is -2.25. The van der Waals surface area contributed by atoms with Crippen molar-refractivity contribution in [3.63, 3.8) is 0 Å². The van der Waals surface area contributed by atoms with Crippen molar-refractivity contribution < 1.29 is 9.90 Å². The SMILES string of the molecule is CC(C)C1CCNCC1.O=CO. The van der Waals surface area contributed by atoms with Crippen LogP contribution in [0.15, 0.2) is 0 Å². The van der Waals surface area contributed by atoms with Gasteiger partial charge in [0.2, 0.25) is 0 Å². The van der Waals surface area contributed by atoms with Crippen LogP contribution in [0.2, 0.25) is 0 Å². The van der Waals surface area contributed by atoms with Crippen molar-refractivity contribution in [3.8, 4) is 0 Å². The first kappa shape index (κ1) is 11.4. The van der Waals surface area contributed by atoms with Gasteiger partial charge in [-0.2, -0.15) is 0 Å². The molecule has 1 aliphatic rings. The molecule has 1 rings (SSSR count). The zero-order chi connectivity index (χ0) is 9.40. The standard InChI is InChI=1S/C8H17N.CH2O2/c1-7(2)8-3-5-9-6-4-8;2-1-3/h7-9H,3-6H2,1-2H3;1H,(H,2,3). The van der Waals surface area contributed by atoms with E-state index in [0.29, 0.717) is 0 Å². The monoisotopic (exact) mass is 173 g/mol. The van der Waals surface area contributed by atoms with Gasteiger partial charge in [-0.05, 0) is 37.8 Å². The van der Waals surface area contributed by atoms with Crippen molar-refractivity contribution in [1.29, 1.82) is 0 Å². The van der Waals surface area contributed by atoms with E-state index >= 15 is 0 Å². The van der Waals surface area contributed by atoms with Crippen molar-refractivity contribution in [2.45, 2.75) is 26.7 Å². The van der Waals surface area contributed by atoms with Gasteiger partial charge in [0.1, 0.15) is 0 Å². The number of rotatable bonds is 1. The predicted molar refractivity (Wildman–Crippen MR) is 49.1 cm³/mol. The average molecular weight is 173 g/mol. The van der Waals surface area contributed by atoms with Gasteiger partial charge in [0.05, 0.1) is 0 Å². The second-order valence-electron chi connectivity index (χ2n) is 3.44. The Balaban J connectivity index is 0.000000354. The summed E-state index contributed by atoms with van der Waals surface area (Å²) in [5, 5.41) is 10.3. The van der Waals surface area contributed by atoms with Crippen molar-refractivity contribution in [3.05, 3.63) is 0 Å². The van der Waals surface area contributed by atoms with E-state index in [1.54, 1.807) is 0 Å². The first-order chi connectivity index (χ1) is 5.72. The minimum atomic E-state index is -0.250. The van der Waals surface area contributed by atoms with E-state index in [1.165, 1.54) is 25.9 Å². The Labute approximate surface area is 74.2 Å². The van der Waals surface area contributed by atoms with Crippen LogP contribution in [0.25, 0.3) is 0 Å². The Morgan fingerprint density at radius 2 is 1.83 bits per heavy atom. The summed E-state index contributed by atoms with van der Waals surface area (Å²) in [5.41, 5.74) is 0. The van der Waals surface area contributed by atoms with E-state index in [-0.39, 0.29) is 6.47 Å². The number of hydrogen-bond donors (Lipinski definition) is 2. The molecular weight excluding hydrogens is 154 g/mol. The highest BCUT2D eigenvalue weighted by molar-refractivity contribution is 5.32. The van der Waals surface area contributed by atoms with Crippen molar-refractivity contribution in [2.24, 2.45) is 11.8 Å². The van der Waals surface area contributed by atoms with E-state index < -0.39 is 0 Å². The molecule has 0 aliphatic carbocycles. The highest BCUT2D eigenvalue weighted by Gasteiger charge is 2.15. The Hall–Kier alpha value is -0.570. The third-order valence-corrected chi connectivity index (χ3v) is 2.33. The molecule has 0 saturated carbocycles. The van der Waals surface area contributed by atoms with Crippen LogP contribution in [0.3, 0.4) is 0 Å². The topological polar surface area (TPSA) is 49.3 Å². The molecule has 1 aliphatic heterocycles. The van der Waals surface area contributed by atoms with E-state index in [2.05, 4.69) is 19.2 Å². The summed E-state index contributed by atoms with van der Waals surface area (Å²) < 4.78 is 0. The molecule has 1 fully saturated rings. The van der Waals surface area contributed by atoms with Gasteiger partial charge in [0.15, 0.2) is 0 Å². The van der Waals surface area contributed by atoms with Crippen molar-refractivity contribution in [1.82, 2.24) is 5.32 Å². The molecule has 1 heterocycles. The second kappa shape index (κ2) is 7.10. The predicted octanol–water partition coefficient (Wildman–Crippen LogP) is 1.34. The molecular formula is C9H19NO2. The molecule has 0 unspecified atom stereocenters. The molecule has 3 heteroatoms. The summed E-state index contributed by atoms with van der Waals surface area (Å²) in [4.78, 5) is 8.36. The van der Waals surface area contributed by atoms with Crippen molar-refractivity contribution >= 4 is 6.47 Å². The summed E-state index contributed by atoms with van der Waals surface area (Å²) in [5.74, 6) is 1.89. The van der Waals surface area contributed by atoms with Crippen LogP contribution in [-0.2, 0) is 4.79 Å². The molecule has 0 radical (unpaired) electrons. The Kier molecular flexibility index (Phi) is 6.76. The molecule has 12 heavy (non-hydrogen) atoms. The molecule has 0 atom stereocenters.